The quantitative estimate of drug-likeness (QED) is 0.718. The number of aliphatic carboxylic acids is 1. The van der Waals surface area contributed by atoms with Crippen molar-refractivity contribution in [2.75, 3.05) is 31.9 Å². The fraction of sp³-hybridized carbons (Fsp3) is 0.833. The largest absolute Gasteiger partial charge is 0.481 e. The maximum atomic E-state index is 11.9. The van der Waals surface area contributed by atoms with Crippen molar-refractivity contribution in [1.82, 2.24) is 10.2 Å². The SMILES string of the molecule is CCN(CCC(=O)O)C(=O)CSC1CCNCC1. The van der Waals surface area contributed by atoms with Gasteiger partial charge in [0, 0.05) is 18.3 Å². The van der Waals surface area contributed by atoms with Gasteiger partial charge in [-0.05, 0) is 32.9 Å². The Labute approximate surface area is 112 Å². The van der Waals surface area contributed by atoms with E-state index in [0.29, 0.717) is 24.1 Å². The summed E-state index contributed by atoms with van der Waals surface area (Å²) in [6, 6.07) is 0. The number of nitrogens with zero attached hydrogens (tertiary/aromatic N) is 1. The number of hydrogen-bond acceptors (Lipinski definition) is 4. The number of rotatable bonds is 7. The van der Waals surface area contributed by atoms with Gasteiger partial charge in [-0.25, -0.2) is 0 Å². The Balaban J connectivity index is 2.25. The van der Waals surface area contributed by atoms with E-state index in [4.69, 9.17) is 5.11 Å². The van der Waals surface area contributed by atoms with Crippen LogP contribution in [0.15, 0.2) is 0 Å². The summed E-state index contributed by atoms with van der Waals surface area (Å²) in [5.74, 6) is -0.326. The molecule has 1 saturated heterocycles. The van der Waals surface area contributed by atoms with E-state index in [1.165, 1.54) is 0 Å². The van der Waals surface area contributed by atoms with Crippen LogP contribution in [-0.4, -0.2) is 59.1 Å². The van der Waals surface area contributed by atoms with Crippen molar-refractivity contribution in [2.45, 2.75) is 31.4 Å². The number of amides is 1. The lowest BCUT2D eigenvalue weighted by Crippen LogP contribution is -2.35. The average molecular weight is 274 g/mol. The predicted molar refractivity (Wildman–Crippen MR) is 72.9 cm³/mol. The third-order valence-corrected chi connectivity index (χ3v) is 4.42. The maximum Gasteiger partial charge on any atom is 0.305 e. The van der Waals surface area contributed by atoms with Gasteiger partial charge in [-0.3, -0.25) is 9.59 Å². The fourth-order valence-electron chi connectivity index (χ4n) is 1.93. The van der Waals surface area contributed by atoms with E-state index in [1.807, 2.05) is 6.92 Å². The first kappa shape index (κ1) is 15.3. The molecule has 2 N–H and O–H groups in total. The normalized spacial score (nSPS) is 16.5. The van der Waals surface area contributed by atoms with Crippen molar-refractivity contribution in [3.63, 3.8) is 0 Å². The van der Waals surface area contributed by atoms with E-state index in [9.17, 15) is 9.59 Å². The summed E-state index contributed by atoms with van der Waals surface area (Å²) >= 11 is 1.70. The van der Waals surface area contributed by atoms with Gasteiger partial charge >= 0.3 is 5.97 Å². The first-order chi connectivity index (χ1) is 8.63. The topological polar surface area (TPSA) is 69.6 Å². The lowest BCUT2D eigenvalue weighted by molar-refractivity contribution is -0.138. The van der Waals surface area contributed by atoms with Crippen molar-refractivity contribution in [3.05, 3.63) is 0 Å². The molecule has 1 rings (SSSR count). The summed E-state index contributed by atoms with van der Waals surface area (Å²) in [6.07, 6.45) is 2.25. The Morgan fingerprint density at radius 1 is 1.39 bits per heavy atom. The zero-order chi connectivity index (χ0) is 13.4. The lowest BCUT2D eigenvalue weighted by atomic mass is 10.2. The molecular formula is C12H22N2O3S. The van der Waals surface area contributed by atoms with Crippen LogP contribution in [0.2, 0.25) is 0 Å². The molecule has 1 amide bonds. The molecule has 1 heterocycles. The highest BCUT2D eigenvalue weighted by Crippen LogP contribution is 2.20. The van der Waals surface area contributed by atoms with Crippen molar-refractivity contribution >= 4 is 23.6 Å². The van der Waals surface area contributed by atoms with E-state index in [2.05, 4.69) is 5.32 Å². The number of hydrogen-bond donors (Lipinski definition) is 2. The fourth-order valence-corrected chi connectivity index (χ4v) is 3.06. The smallest absolute Gasteiger partial charge is 0.305 e. The summed E-state index contributed by atoms with van der Waals surface area (Å²) < 4.78 is 0. The van der Waals surface area contributed by atoms with Crippen molar-refractivity contribution in [3.8, 4) is 0 Å². The van der Waals surface area contributed by atoms with Gasteiger partial charge in [0.25, 0.3) is 0 Å². The molecule has 1 aliphatic heterocycles. The van der Waals surface area contributed by atoms with Crippen LogP contribution in [0.1, 0.15) is 26.2 Å². The minimum atomic E-state index is -0.854. The number of carboxylic acid groups (broad SMARTS) is 1. The Morgan fingerprint density at radius 2 is 2.06 bits per heavy atom. The van der Waals surface area contributed by atoms with E-state index < -0.39 is 5.97 Å². The van der Waals surface area contributed by atoms with Crippen molar-refractivity contribution < 1.29 is 14.7 Å². The number of carboxylic acids is 1. The maximum absolute atomic E-state index is 11.9. The number of nitrogens with one attached hydrogen (secondary N) is 1. The molecule has 5 nitrogen and oxygen atoms in total. The molecule has 6 heteroatoms. The van der Waals surface area contributed by atoms with Gasteiger partial charge in [-0.1, -0.05) is 0 Å². The lowest BCUT2D eigenvalue weighted by Gasteiger charge is -2.24. The van der Waals surface area contributed by atoms with Crippen LogP contribution in [0.3, 0.4) is 0 Å². The minimum Gasteiger partial charge on any atom is -0.481 e. The number of carbonyl (C=O) groups is 2. The summed E-state index contributed by atoms with van der Waals surface area (Å²) in [7, 11) is 0. The van der Waals surface area contributed by atoms with Crippen LogP contribution in [0.4, 0.5) is 0 Å². The van der Waals surface area contributed by atoms with Gasteiger partial charge in [0.15, 0.2) is 0 Å². The first-order valence-electron chi connectivity index (χ1n) is 6.45. The highest BCUT2D eigenvalue weighted by atomic mass is 32.2. The van der Waals surface area contributed by atoms with Crippen LogP contribution in [0.5, 0.6) is 0 Å². The third-order valence-electron chi connectivity index (χ3n) is 3.06. The molecule has 1 aliphatic rings. The zero-order valence-corrected chi connectivity index (χ0v) is 11.7. The Hall–Kier alpha value is -0.750. The van der Waals surface area contributed by atoms with E-state index in [-0.39, 0.29) is 12.3 Å². The standard InChI is InChI=1S/C12H22N2O3S/c1-2-14(8-5-12(16)17)11(15)9-18-10-3-6-13-7-4-10/h10,13H,2-9H2,1H3,(H,16,17). The molecule has 18 heavy (non-hydrogen) atoms. The highest BCUT2D eigenvalue weighted by Gasteiger charge is 2.18. The van der Waals surface area contributed by atoms with Crippen LogP contribution < -0.4 is 5.32 Å². The molecule has 0 unspecified atom stereocenters. The Bertz CT molecular complexity index is 280. The molecule has 0 spiro atoms. The number of piperidine rings is 1. The third kappa shape index (κ3) is 5.73. The first-order valence-corrected chi connectivity index (χ1v) is 7.50. The van der Waals surface area contributed by atoms with Crippen LogP contribution >= 0.6 is 11.8 Å². The molecule has 1 fully saturated rings. The second kappa shape index (κ2) is 8.37. The molecule has 0 aliphatic carbocycles. The molecule has 0 aromatic heterocycles. The average Bonchev–Trinajstić information content (AvgIpc) is 2.38. The molecule has 0 radical (unpaired) electrons. The van der Waals surface area contributed by atoms with Gasteiger partial charge in [-0.2, -0.15) is 0 Å². The molecule has 0 atom stereocenters. The summed E-state index contributed by atoms with van der Waals surface area (Å²) in [5.41, 5.74) is 0. The summed E-state index contributed by atoms with van der Waals surface area (Å²) in [5, 5.41) is 12.5. The van der Waals surface area contributed by atoms with Gasteiger partial charge in [0.2, 0.25) is 5.91 Å². The van der Waals surface area contributed by atoms with Gasteiger partial charge in [-0.15, -0.1) is 11.8 Å². The Kier molecular flexibility index (Phi) is 7.12. The summed E-state index contributed by atoms with van der Waals surface area (Å²) in [6.45, 7) is 4.84. The Morgan fingerprint density at radius 3 is 2.61 bits per heavy atom. The molecular weight excluding hydrogens is 252 g/mol. The number of thioether (sulfide) groups is 1. The zero-order valence-electron chi connectivity index (χ0n) is 10.9. The van der Waals surface area contributed by atoms with Crippen LogP contribution in [0, 0.1) is 0 Å². The minimum absolute atomic E-state index is 0.0254. The van der Waals surface area contributed by atoms with Crippen LogP contribution in [0.25, 0.3) is 0 Å². The molecule has 0 bridgehead atoms. The molecule has 0 aromatic rings. The van der Waals surface area contributed by atoms with E-state index in [1.54, 1.807) is 16.7 Å². The summed E-state index contributed by atoms with van der Waals surface area (Å²) in [4.78, 5) is 24.1. The highest BCUT2D eigenvalue weighted by molar-refractivity contribution is 8.00. The monoisotopic (exact) mass is 274 g/mol. The molecule has 0 saturated carbocycles. The van der Waals surface area contributed by atoms with Gasteiger partial charge in [0.05, 0.1) is 12.2 Å². The van der Waals surface area contributed by atoms with Crippen molar-refractivity contribution in [1.29, 1.82) is 0 Å². The van der Waals surface area contributed by atoms with Gasteiger partial charge < -0.3 is 15.3 Å². The number of carbonyl (C=O) groups excluding carboxylic acids is 1. The second-order valence-electron chi connectivity index (χ2n) is 4.38. The predicted octanol–water partition coefficient (Wildman–Crippen LogP) is 0.795. The van der Waals surface area contributed by atoms with Crippen LogP contribution in [-0.2, 0) is 9.59 Å². The second-order valence-corrected chi connectivity index (χ2v) is 5.67. The van der Waals surface area contributed by atoms with E-state index >= 15 is 0 Å². The van der Waals surface area contributed by atoms with Crippen molar-refractivity contribution in [2.24, 2.45) is 0 Å². The van der Waals surface area contributed by atoms with E-state index in [0.717, 1.165) is 25.9 Å². The molecule has 0 aromatic carbocycles. The molecule has 104 valence electrons. The van der Waals surface area contributed by atoms with Gasteiger partial charge in [0.1, 0.15) is 0 Å².